The molecule has 1 aromatic heterocycles. The molecule has 0 aliphatic carbocycles. The number of likely N-dealkylation sites (tertiary alicyclic amines) is 1. The lowest BCUT2D eigenvalue weighted by molar-refractivity contribution is -0.133. The minimum atomic E-state index is 0.269. The number of carbonyl (C=O) groups is 1. The normalized spacial score (nSPS) is 17.5. The van der Waals surface area contributed by atoms with Crippen molar-refractivity contribution in [3.05, 3.63) is 52.4 Å². The van der Waals surface area contributed by atoms with Crippen molar-refractivity contribution < 1.29 is 9.32 Å². The Kier molecular flexibility index (Phi) is 6.12. The first-order valence-corrected chi connectivity index (χ1v) is 9.78. The summed E-state index contributed by atoms with van der Waals surface area (Å²) in [5.74, 6) is 1.72. The van der Waals surface area contributed by atoms with Gasteiger partial charge in [0.15, 0.2) is 0 Å². The van der Waals surface area contributed by atoms with Gasteiger partial charge in [0.25, 0.3) is 0 Å². The van der Waals surface area contributed by atoms with Crippen LogP contribution < -0.4 is 0 Å². The molecule has 0 spiro atoms. The van der Waals surface area contributed by atoms with Crippen LogP contribution in [0.25, 0.3) is 0 Å². The summed E-state index contributed by atoms with van der Waals surface area (Å²) >= 11 is 0. The second-order valence-electron chi connectivity index (χ2n) is 7.62. The second kappa shape index (κ2) is 8.52. The lowest BCUT2D eigenvalue weighted by Crippen LogP contribution is -2.40. The van der Waals surface area contributed by atoms with Crippen molar-refractivity contribution in [2.24, 2.45) is 5.92 Å². The summed E-state index contributed by atoms with van der Waals surface area (Å²) in [7, 11) is 0. The first-order valence-electron chi connectivity index (χ1n) is 9.78. The van der Waals surface area contributed by atoms with Crippen molar-refractivity contribution >= 4 is 5.91 Å². The highest BCUT2D eigenvalue weighted by atomic mass is 16.5. The highest BCUT2D eigenvalue weighted by molar-refractivity contribution is 5.76. The zero-order chi connectivity index (χ0) is 18.5. The van der Waals surface area contributed by atoms with Gasteiger partial charge in [-0.05, 0) is 69.9 Å². The van der Waals surface area contributed by atoms with Crippen LogP contribution in [-0.4, -0.2) is 29.1 Å². The third-order valence-electron chi connectivity index (χ3n) is 5.72. The standard InChI is InChI=1S/C22H30N2O2/c1-16-7-4-5-9-20(16)11-10-19-8-6-14-24(15-19)22(25)13-12-21-17(2)23-26-18(21)3/h4-5,7,9,19H,6,8,10-15H2,1-3H3/t19-/m0/s1. The SMILES string of the molecule is Cc1ccccc1CC[C@@H]1CCCN(C(=O)CCc2c(C)noc2C)C1. The second-order valence-corrected chi connectivity index (χ2v) is 7.62. The summed E-state index contributed by atoms with van der Waals surface area (Å²) in [4.78, 5) is 14.7. The number of aromatic nitrogens is 1. The molecule has 1 aliphatic rings. The number of carbonyl (C=O) groups excluding carboxylic acids is 1. The molecular formula is C22H30N2O2. The van der Waals surface area contributed by atoms with Crippen molar-refractivity contribution in [3.8, 4) is 0 Å². The van der Waals surface area contributed by atoms with Crippen molar-refractivity contribution in [3.63, 3.8) is 0 Å². The van der Waals surface area contributed by atoms with E-state index in [9.17, 15) is 4.79 Å². The Bertz CT molecular complexity index is 731. The Morgan fingerprint density at radius 1 is 1.23 bits per heavy atom. The van der Waals surface area contributed by atoms with E-state index >= 15 is 0 Å². The molecule has 0 bridgehead atoms. The molecule has 1 aliphatic heterocycles. The fourth-order valence-electron chi connectivity index (χ4n) is 4.03. The predicted octanol–water partition coefficient (Wildman–Crippen LogP) is 4.40. The molecule has 140 valence electrons. The maximum atomic E-state index is 12.7. The highest BCUT2D eigenvalue weighted by Gasteiger charge is 2.24. The van der Waals surface area contributed by atoms with Gasteiger partial charge in [-0.3, -0.25) is 4.79 Å². The zero-order valence-electron chi connectivity index (χ0n) is 16.3. The average molecular weight is 354 g/mol. The van der Waals surface area contributed by atoms with E-state index in [2.05, 4.69) is 41.2 Å². The van der Waals surface area contributed by atoms with E-state index in [1.807, 2.05) is 13.8 Å². The molecule has 4 nitrogen and oxygen atoms in total. The van der Waals surface area contributed by atoms with Crippen LogP contribution in [0, 0.1) is 26.7 Å². The van der Waals surface area contributed by atoms with E-state index in [0.717, 1.165) is 49.4 Å². The van der Waals surface area contributed by atoms with E-state index < -0.39 is 0 Å². The quantitative estimate of drug-likeness (QED) is 0.772. The molecule has 0 saturated carbocycles. The maximum Gasteiger partial charge on any atom is 0.222 e. The van der Waals surface area contributed by atoms with Gasteiger partial charge in [-0.2, -0.15) is 0 Å². The third kappa shape index (κ3) is 4.54. The van der Waals surface area contributed by atoms with Gasteiger partial charge < -0.3 is 9.42 Å². The average Bonchev–Trinajstić information content (AvgIpc) is 2.97. The number of rotatable bonds is 6. The molecule has 2 aromatic rings. The molecule has 0 unspecified atom stereocenters. The molecule has 1 fully saturated rings. The summed E-state index contributed by atoms with van der Waals surface area (Å²) in [6.45, 7) is 7.86. The van der Waals surface area contributed by atoms with Crippen molar-refractivity contribution in [2.75, 3.05) is 13.1 Å². The van der Waals surface area contributed by atoms with Crippen LogP contribution in [0.5, 0.6) is 0 Å². The van der Waals surface area contributed by atoms with Crippen molar-refractivity contribution in [2.45, 2.75) is 59.3 Å². The fraction of sp³-hybridized carbons (Fsp3) is 0.545. The molecule has 1 aromatic carbocycles. The van der Waals surface area contributed by atoms with Gasteiger partial charge in [-0.15, -0.1) is 0 Å². The van der Waals surface area contributed by atoms with Crippen LogP contribution in [0.15, 0.2) is 28.8 Å². The number of amides is 1. The Balaban J connectivity index is 1.49. The lowest BCUT2D eigenvalue weighted by Gasteiger charge is -2.33. The van der Waals surface area contributed by atoms with Crippen LogP contribution in [0.4, 0.5) is 0 Å². The van der Waals surface area contributed by atoms with Gasteiger partial charge in [0, 0.05) is 25.1 Å². The van der Waals surface area contributed by atoms with Gasteiger partial charge in [-0.1, -0.05) is 29.4 Å². The van der Waals surface area contributed by atoms with Gasteiger partial charge >= 0.3 is 0 Å². The van der Waals surface area contributed by atoms with Crippen LogP contribution in [-0.2, 0) is 17.6 Å². The van der Waals surface area contributed by atoms with Crippen molar-refractivity contribution in [1.82, 2.24) is 10.1 Å². The van der Waals surface area contributed by atoms with Gasteiger partial charge in [0.1, 0.15) is 5.76 Å². The van der Waals surface area contributed by atoms with E-state index in [4.69, 9.17) is 4.52 Å². The first kappa shape index (κ1) is 18.7. The monoisotopic (exact) mass is 354 g/mol. The Morgan fingerprint density at radius 2 is 2.04 bits per heavy atom. The topological polar surface area (TPSA) is 46.3 Å². The minimum Gasteiger partial charge on any atom is -0.361 e. The molecule has 1 saturated heterocycles. The van der Waals surface area contributed by atoms with Crippen molar-refractivity contribution in [1.29, 1.82) is 0 Å². The maximum absolute atomic E-state index is 12.7. The van der Waals surface area contributed by atoms with Gasteiger partial charge in [0.2, 0.25) is 5.91 Å². The summed E-state index contributed by atoms with van der Waals surface area (Å²) in [5, 5.41) is 3.98. The van der Waals surface area contributed by atoms with E-state index in [0.29, 0.717) is 12.3 Å². The molecule has 26 heavy (non-hydrogen) atoms. The fourth-order valence-corrected chi connectivity index (χ4v) is 4.03. The predicted molar refractivity (Wildman–Crippen MR) is 103 cm³/mol. The van der Waals surface area contributed by atoms with Crippen LogP contribution in [0.2, 0.25) is 0 Å². The summed E-state index contributed by atoms with van der Waals surface area (Å²) in [5.41, 5.74) is 4.81. The van der Waals surface area contributed by atoms with E-state index in [1.54, 1.807) is 0 Å². The summed E-state index contributed by atoms with van der Waals surface area (Å²) < 4.78 is 5.20. The summed E-state index contributed by atoms with van der Waals surface area (Å²) in [6.07, 6.45) is 5.91. The van der Waals surface area contributed by atoms with Crippen LogP contribution in [0.3, 0.4) is 0 Å². The molecular weight excluding hydrogens is 324 g/mol. The number of piperidine rings is 1. The number of aryl methyl sites for hydroxylation is 4. The summed E-state index contributed by atoms with van der Waals surface area (Å²) in [6, 6.07) is 8.62. The first-order chi connectivity index (χ1) is 12.5. The molecule has 1 amide bonds. The van der Waals surface area contributed by atoms with E-state index in [1.165, 1.54) is 24.0 Å². The van der Waals surface area contributed by atoms with Gasteiger partial charge in [-0.25, -0.2) is 0 Å². The Hall–Kier alpha value is -2.10. The Morgan fingerprint density at radius 3 is 2.77 bits per heavy atom. The molecule has 4 heteroatoms. The largest absolute Gasteiger partial charge is 0.361 e. The number of hydrogen-bond acceptors (Lipinski definition) is 3. The molecule has 0 N–H and O–H groups in total. The molecule has 2 heterocycles. The smallest absolute Gasteiger partial charge is 0.222 e. The van der Waals surface area contributed by atoms with Crippen LogP contribution in [0.1, 0.15) is 53.8 Å². The number of benzene rings is 1. The van der Waals surface area contributed by atoms with E-state index in [-0.39, 0.29) is 5.91 Å². The lowest BCUT2D eigenvalue weighted by atomic mass is 9.90. The highest BCUT2D eigenvalue weighted by Crippen LogP contribution is 2.23. The Labute approximate surface area is 156 Å². The van der Waals surface area contributed by atoms with Gasteiger partial charge in [0.05, 0.1) is 5.69 Å². The van der Waals surface area contributed by atoms with Crippen LogP contribution >= 0.6 is 0 Å². The third-order valence-corrected chi connectivity index (χ3v) is 5.72. The molecule has 1 atom stereocenters. The number of nitrogens with zero attached hydrogens (tertiary/aromatic N) is 2. The minimum absolute atomic E-state index is 0.269. The number of hydrogen-bond donors (Lipinski definition) is 0. The zero-order valence-corrected chi connectivity index (χ0v) is 16.3. The molecule has 3 rings (SSSR count). The molecule has 0 radical (unpaired) electrons.